The lowest BCUT2D eigenvalue weighted by Crippen LogP contribution is -2.40. The molecule has 0 aromatic rings. The van der Waals surface area contributed by atoms with E-state index in [2.05, 4.69) is 26.1 Å². The van der Waals surface area contributed by atoms with Gasteiger partial charge in [0, 0.05) is 32.1 Å². The van der Waals surface area contributed by atoms with E-state index in [1.54, 1.807) is 0 Å². The third kappa shape index (κ3) is 3.69. The van der Waals surface area contributed by atoms with Crippen molar-refractivity contribution in [2.75, 3.05) is 19.6 Å². The Morgan fingerprint density at radius 3 is 2.61 bits per heavy atom. The van der Waals surface area contributed by atoms with E-state index < -0.39 is 6.10 Å². The highest BCUT2D eigenvalue weighted by Crippen LogP contribution is 2.34. The van der Waals surface area contributed by atoms with Crippen LogP contribution in [0.1, 0.15) is 40.0 Å². The van der Waals surface area contributed by atoms with Gasteiger partial charge in [0.2, 0.25) is 5.91 Å². The van der Waals surface area contributed by atoms with Crippen molar-refractivity contribution in [2.24, 2.45) is 11.3 Å². The van der Waals surface area contributed by atoms with Crippen LogP contribution in [0.3, 0.4) is 0 Å². The third-order valence-corrected chi connectivity index (χ3v) is 4.09. The van der Waals surface area contributed by atoms with Gasteiger partial charge in [-0.05, 0) is 24.2 Å². The van der Waals surface area contributed by atoms with E-state index in [0.717, 1.165) is 6.54 Å². The Balaban J connectivity index is 1.76. The van der Waals surface area contributed by atoms with Gasteiger partial charge in [-0.1, -0.05) is 20.8 Å². The van der Waals surface area contributed by atoms with Gasteiger partial charge >= 0.3 is 0 Å². The molecular weight excluding hydrogens is 228 g/mol. The first-order chi connectivity index (χ1) is 8.36. The maximum absolute atomic E-state index is 11.9. The minimum atomic E-state index is -0.437. The summed E-state index contributed by atoms with van der Waals surface area (Å²) < 4.78 is 0. The molecule has 2 aliphatic rings. The number of nitrogens with zero attached hydrogens (tertiary/aromatic N) is 1. The maximum Gasteiger partial charge on any atom is 0.223 e. The second kappa shape index (κ2) is 5.17. The lowest BCUT2D eigenvalue weighted by molar-refractivity contribution is -0.128. The van der Waals surface area contributed by atoms with E-state index >= 15 is 0 Å². The molecule has 2 N–H and O–H groups in total. The molecule has 0 radical (unpaired) electrons. The molecule has 1 heterocycles. The Hall–Kier alpha value is -0.610. The standard InChI is InChI=1S/C14H26N2O2/c1-14(2,3)10-6-13(18)16(8-10)9-12(17)7-15-11-4-5-11/h10-12,15,17H,4-9H2,1-3H3. The lowest BCUT2D eigenvalue weighted by atomic mass is 9.80. The van der Waals surface area contributed by atoms with Crippen LogP contribution in [-0.2, 0) is 4.79 Å². The van der Waals surface area contributed by atoms with E-state index in [4.69, 9.17) is 0 Å². The Labute approximate surface area is 110 Å². The van der Waals surface area contributed by atoms with Crippen LogP contribution < -0.4 is 5.32 Å². The fourth-order valence-corrected chi connectivity index (χ4v) is 2.44. The number of carbonyl (C=O) groups is 1. The third-order valence-electron chi connectivity index (χ3n) is 4.09. The van der Waals surface area contributed by atoms with Crippen molar-refractivity contribution in [2.45, 2.75) is 52.2 Å². The van der Waals surface area contributed by atoms with Crippen molar-refractivity contribution in [3.63, 3.8) is 0 Å². The second-order valence-corrected chi connectivity index (χ2v) is 6.90. The summed E-state index contributed by atoms with van der Waals surface area (Å²) in [4.78, 5) is 13.7. The number of rotatable bonds is 5. The average Bonchev–Trinajstić information content (AvgIpc) is 3.00. The predicted octanol–water partition coefficient (Wildman–Crippen LogP) is 0.994. The first kappa shape index (κ1) is 13.8. The Morgan fingerprint density at radius 1 is 1.44 bits per heavy atom. The van der Waals surface area contributed by atoms with Crippen LogP contribution in [0, 0.1) is 11.3 Å². The molecule has 104 valence electrons. The Bertz CT molecular complexity index is 307. The molecule has 0 spiro atoms. The van der Waals surface area contributed by atoms with Crippen molar-refractivity contribution in [3.8, 4) is 0 Å². The van der Waals surface area contributed by atoms with Crippen molar-refractivity contribution in [3.05, 3.63) is 0 Å². The topological polar surface area (TPSA) is 52.6 Å². The van der Waals surface area contributed by atoms with Crippen LogP contribution in [0.25, 0.3) is 0 Å². The molecule has 18 heavy (non-hydrogen) atoms. The van der Waals surface area contributed by atoms with Crippen molar-refractivity contribution < 1.29 is 9.90 Å². The van der Waals surface area contributed by atoms with E-state index in [9.17, 15) is 9.90 Å². The molecule has 0 aromatic heterocycles. The Morgan fingerprint density at radius 2 is 2.11 bits per heavy atom. The summed E-state index contributed by atoms with van der Waals surface area (Å²) in [5.74, 6) is 0.606. The van der Waals surface area contributed by atoms with Gasteiger partial charge in [-0.2, -0.15) is 0 Å². The number of β-amino-alcohol motifs (C(OH)–C–C–N with tert-alkyl or cyclic N) is 1. The van der Waals surface area contributed by atoms with Crippen molar-refractivity contribution in [1.29, 1.82) is 0 Å². The van der Waals surface area contributed by atoms with Gasteiger partial charge in [0.15, 0.2) is 0 Å². The number of hydrogen-bond acceptors (Lipinski definition) is 3. The summed E-state index contributed by atoms with van der Waals surface area (Å²) in [7, 11) is 0. The molecule has 4 nitrogen and oxygen atoms in total. The normalized spacial score (nSPS) is 26.8. The van der Waals surface area contributed by atoms with Gasteiger partial charge in [-0.25, -0.2) is 0 Å². The molecule has 2 rings (SSSR count). The summed E-state index contributed by atoms with van der Waals surface area (Å²) in [6, 6.07) is 0.608. The van der Waals surface area contributed by atoms with Crippen LogP contribution in [-0.4, -0.2) is 47.7 Å². The van der Waals surface area contributed by atoms with E-state index in [1.165, 1.54) is 12.8 Å². The van der Waals surface area contributed by atoms with Gasteiger partial charge < -0.3 is 15.3 Å². The van der Waals surface area contributed by atoms with Crippen LogP contribution in [0.5, 0.6) is 0 Å². The summed E-state index contributed by atoms with van der Waals surface area (Å²) in [5, 5.41) is 13.2. The van der Waals surface area contributed by atoms with Gasteiger partial charge in [0.25, 0.3) is 0 Å². The number of likely N-dealkylation sites (tertiary alicyclic amines) is 1. The molecule has 1 aliphatic heterocycles. The molecule has 2 unspecified atom stereocenters. The smallest absolute Gasteiger partial charge is 0.223 e. The minimum absolute atomic E-state index is 0.168. The van der Waals surface area contributed by atoms with Crippen LogP contribution in [0.15, 0.2) is 0 Å². The first-order valence-corrected chi connectivity index (χ1v) is 7.05. The van der Waals surface area contributed by atoms with Gasteiger partial charge in [0.1, 0.15) is 0 Å². The van der Waals surface area contributed by atoms with E-state index in [-0.39, 0.29) is 11.3 Å². The quantitative estimate of drug-likeness (QED) is 0.769. The highest BCUT2D eigenvalue weighted by Gasteiger charge is 2.37. The second-order valence-electron chi connectivity index (χ2n) is 6.90. The fourth-order valence-electron chi connectivity index (χ4n) is 2.44. The van der Waals surface area contributed by atoms with Crippen molar-refractivity contribution in [1.82, 2.24) is 10.2 Å². The summed E-state index contributed by atoms with van der Waals surface area (Å²) in [5.41, 5.74) is 0.168. The summed E-state index contributed by atoms with van der Waals surface area (Å²) in [6.07, 6.45) is 2.64. The first-order valence-electron chi connectivity index (χ1n) is 7.05. The molecule has 2 fully saturated rings. The molecular formula is C14H26N2O2. The number of hydrogen-bond donors (Lipinski definition) is 2. The molecule has 0 aromatic carbocycles. The highest BCUT2D eigenvalue weighted by molar-refractivity contribution is 5.78. The zero-order valence-corrected chi connectivity index (χ0v) is 11.8. The summed E-state index contributed by atoms with van der Waals surface area (Å²) in [6.45, 7) is 8.42. The van der Waals surface area contributed by atoms with Gasteiger partial charge in [-0.3, -0.25) is 4.79 Å². The van der Waals surface area contributed by atoms with Crippen LogP contribution in [0.4, 0.5) is 0 Å². The number of aliphatic hydroxyl groups is 1. The van der Waals surface area contributed by atoms with Crippen molar-refractivity contribution >= 4 is 5.91 Å². The van der Waals surface area contributed by atoms with Gasteiger partial charge in [0.05, 0.1) is 6.10 Å². The molecule has 0 bridgehead atoms. The Kier molecular flexibility index (Phi) is 3.97. The lowest BCUT2D eigenvalue weighted by Gasteiger charge is -2.27. The monoisotopic (exact) mass is 254 g/mol. The fraction of sp³-hybridized carbons (Fsp3) is 0.929. The zero-order chi connectivity index (χ0) is 13.3. The molecule has 2 atom stereocenters. The van der Waals surface area contributed by atoms with Crippen LogP contribution >= 0.6 is 0 Å². The molecule has 1 saturated carbocycles. The van der Waals surface area contributed by atoms with E-state index in [0.29, 0.717) is 31.5 Å². The number of aliphatic hydroxyl groups excluding tert-OH is 1. The average molecular weight is 254 g/mol. The van der Waals surface area contributed by atoms with Gasteiger partial charge in [-0.15, -0.1) is 0 Å². The zero-order valence-electron chi connectivity index (χ0n) is 11.8. The number of amides is 1. The molecule has 4 heteroatoms. The molecule has 1 amide bonds. The number of carbonyl (C=O) groups excluding carboxylic acids is 1. The minimum Gasteiger partial charge on any atom is -0.390 e. The largest absolute Gasteiger partial charge is 0.390 e. The highest BCUT2D eigenvalue weighted by atomic mass is 16.3. The SMILES string of the molecule is CC(C)(C)C1CC(=O)N(CC(O)CNC2CC2)C1. The summed E-state index contributed by atoms with van der Waals surface area (Å²) >= 11 is 0. The predicted molar refractivity (Wildman–Crippen MR) is 71.2 cm³/mol. The molecule has 1 saturated heterocycles. The number of nitrogens with one attached hydrogen (secondary N) is 1. The van der Waals surface area contributed by atoms with Crippen LogP contribution in [0.2, 0.25) is 0 Å². The van der Waals surface area contributed by atoms with E-state index in [1.807, 2.05) is 4.90 Å². The maximum atomic E-state index is 11.9. The molecule has 1 aliphatic carbocycles.